The van der Waals surface area contributed by atoms with Gasteiger partial charge in [-0.15, -0.1) is 0 Å². The van der Waals surface area contributed by atoms with Crippen molar-refractivity contribution in [1.82, 2.24) is 31.9 Å². The van der Waals surface area contributed by atoms with E-state index in [1.165, 1.54) is 14.0 Å². The largest absolute Gasteiger partial charge is 0.488 e. The molecule has 0 heterocycles. The van der Waals surface area contributed by atoms with E-state index in [0.29, 0.717) is 24.2 Å². The minimum absolute atomic E-state index is 0.0187. The molecule has 6 amide bonds. The first-order chi connectivity index (χ1) is 33.1. The monoisotopic (exact) mass is 1000 g/mol. The Morgan fingerprint density at radius 1 is 0.690 bits per heavy atom. The Bertz CT molecular complexity index is 1920. The molecule has 0 radical (unpaired) electrons. The number of hydrogen-bond donors (Lipinski definition) is 9. The standard InChI is InChI=1S/C51H85N7O13/c1-14-30(7)41(56-45(63)36(52)17-16-24-59)47(65)54-37(26-33-18-21-35(22-19-33)71-51(10,11)12)46(64)57-42(31(8)15-2)50(69)70-32(9)43(48(66)55-38(49(67)68)25-28(3)4)58-44(62)34(20-23-40(61)53-13)27-39(60)29(5)6/h18-19,21-22,28-32,34,36-38,41-43,59H,14-17,20,23-27,52H2,1-13H3,(H,53,61)(H,54,65)(H,55,66)(H,56,63)(H,57,64)(H,58,62)(H,67,68)/t30-,31-,32+,34+,36-,37-,38-,41-,42-,43-/m0/s1. The molecule has 71 heavy (non-hydrogen) atoms. The van der Waals surface area contributed by atoms with E-state index in [-0.39, 0.29) is 63.3 Å². The number of benzene rings is 1. The second kappa shape index (κ2) is 31.0. The summed E-state index contributed by atoms with van der Waals surface area (Å²) in [6.07, 6.45) is -0.827. The van der Waals surface area contributed by atoms with Gasteiger partial charge in [0, 0.05) is 44.8 Å². The highest BCUT2D eigenvalue weighted by molar-refractivity contribution is 5.96. The van der Waals surface area contributed by atoms with Crippen molar-refractivity contribution in [1.29, 1.82) is 0 Å². The van der Waals surface area contributed by atoms with E-state index in [1.807, 2.05) is 27.7 Å². The molecule has 402 valence electrons. The van der Waals surface area contributed by atoms with Gasteiger partial charge in [0.1, 0.15) is 53.4 Å². The van der Waals surface area contributed by atoms with E-state index in [2.05, 4.69) is 31.9 Å². The number of Topliss-reactive ketones (excluding diaryl/α,β-unsaturated/α-hetero) is 1. The van der Waals surface area contributed by atoms with Gasteiger partial charge < -0.3 is 57.3 Å². The second-order valence-corrected chi connectivity index (χ2v) is 20.2. The molecule has 0 unspecified atom stereocenters. The number of aliphatic hydroxyl groups excluding tert-OH is 1. The Kier molecular flexibility index (Phi) is 27.6. The van der Waals surface area contributed by atoms with Crippen molar-refractivity contribution < 1.29 is 62.8 Å². The van der Waals surface area contributed by atoms with Crippen LogP contribution in [0.5, 0.6) is 5.75 Å². The van der Waals surface area contributed by atoms with Crippen LogP contribution in [0.3, 0.4) is 0 Å². The molecule has 0 fully saturated rings. The zero-order valence-electron chi connectivity index (χ0n) is 44.3. The summed E-state index contributed by atoms with van der Waals surface area (Å²) in [6.45, 7) is 20.6. The van der Waals surface area contributed by atoms with Crippen LogP contribution in [0.4, 0.5) is 0 Å². The fraction of sp³-hybridized carbons (Fsp3) is 0.706. The highest BCUT2D eigenvalue weighted by Gasteiger charge is 2.39. The van der Waals surface area contributed by atoms with Crippen LogP contribution < -0.4 is 42.4 Å². The SMILES string of the molecule is CC[C@H](C)[C@H](NC(=O)[C@@H](N)CCCO)C(=O)N[C@@H](Cc1ccc(OC(C)(C)C)cc1)C(=O)N[C@H](C(=O)O[C@H](C)[C@H](NC(=O)[C@H](CCC(=O)NC)CC(=O)C(C)C)C(=O)N[C@@H](CC(C)C)C(=O)O)[C@@H](C)CC. The Balaban J connectivity index is 3.77. The summed E-state index contributed by atoms with van der Waals surface area (Å²) in [5, 5.41) is 35.0. The molecular weight excluding hydrogens is 919 g/mol. The first-order valence-electron chi connectivity index (χ1n) is 24.9. The van der Waals surface area contributed by atoms with E-state index in [4.69, 9.17) is 15.2 Å². The average molecular weight is 1000 g/mol. The van der Waals surface area contributed by atoms with Crippen molar-refractivity contribution in [2.24, 2.45) is 35.3 Å². The Morgan fingerprint density at radius 3 is 1.73 bits per heavy atom. The van der Waals surface area contributed by atoms with Gasteiger partial charge in [0.2, 0.25) is 35.4 Å². The van der Waals surface area contributed by atoms with Gasteiger partial charge in [0.15, 0.2) is 0 Å². The Morgan fingerprint density at radius 2 is 1.23 bits per heavy atom. The quantitative estimate of drug-likeness (QED) is 0.0469. The van der Waals surface area contributed by atoms with Crippen LogP contribution in [0.2, 0.25) is 0 Å². The molecule has 1 rings (SSSR count). The molecule has 0 bridgehead atoms. The lowest BCUT2D eigenvalue weighted by Gasteiger charge is -2.31. The lowest BCUT2D eigenvalue weighted by molar-refractivity contribution is -0.158. The summed E-state index contributed by atoms with van der Waals surface area (Å²) in [7, 11) is 1.42. The van der Waals surface area contributed by atoms with E-state index in [9.17, 15) is 53.4 Å². The Labute approximate surface area is 420 Å². The molecule has 20 nitrogen and oxygen atoms in total. The van der Waals surface area contributed by atoms with Crippen molar-refractivity contribution >= 4 is 53.2 Å². The molecule has 0 aliphatic rings. The van der Waals surface area contributed by atoms with Crippen LogP contribution in [0, 0.1) is 29.6 Å². The van der Waals surface area contributed by atoms with Crippen LogP contribution in [0.25, 0.3) is 0 Å². The second-order valence-electron chi connectivity index (χ2n) is 20.2. The number of nitrogens with one attached hydrogen (secondary N) is 6. The highest BCUT2D eigenvalue weighted by atomic mass is 16.5. The highest BCUT2D eigenvalue weighted by Crippen LogP contribution is 2.21. The predicted molar refractivity (Wildman–Crippen MR) is 267 cm³/mol. The van der Waals surface area contributed by atoms with Crippen LogP contribution in [-0.2, 0) is 54.3 Å². The normalized spacial score (nSPS) is 15.8. The van der Waals surface area contributed by atoms with Gasteiger partial charge in [-0.1, -0.05) is 80.4 Å². The van der Waals surface area contributed by atoms with E-state index >= 15 is 0 Å². The molecule has 0 aliphatic heterocycles. The third-order valence-corrected chi connectivity index (χ3v) is 12.1. The number of rotatable bonds is 32. The lowest BCUT2D eigenvalue weighted by Crippen LogP contribution is -2.60. The van der Waals surface area contributed by atoms with Gasteiger partial charge in [0.05, 0.1) is 6.04 Å². The van der Waals surface area contributed by atoms with Gasteiger partial charge in [-0.3, -0.25) is 33.6 Å². The topological polar surface area (TPSA) is 311 Å². The summed E-state index contributed by atoms with van der Waals surface area (Å²) in [5.74, 6) is -9.18. The van der Waals surface area contributed by atoms with Crippen LogP contribution in [0.1, 0.15) is 140 Å². The van der Waals surface area contributed by atoms with Gasteiger partial charge in [-0.25, -0.2) is 9.59 Å². The first kappa shape index (κ1) is 63.4. The molecule has 20 heteroatoms. The number of carbonyl (C=O) groups excluding carboxylic acids is 8. The maximum Gasteiger partial charge on any atom is 0.329 e. The van der Waals surface area contributed by atoms with Gasteiger partial charge >= 0.3 is 11.9 Å². The maximum absolute atomic E-state index is 14.6. The lowest BCUT2D eigenvalue weighted by atomic mass is 9.91. The van der Waals surface area contributed by atoms with Gasteiger partial charge in [0.25, 0.3) is 0 Å². The number of ketones is 1. The fourth-order valence-corrected chi connectivity index (χ4v) is 7.26. The molecule has 10 N–H and O–H groups in total. The van der Waals surface area contributed by atoms with Crippen molar-refractivity contribution in [2.75, 3.05) is 13.7 Å². The first-order valence-corrected chi connectivity index (χ1v) is 24.9. The summed E-state index contributed by atoms with van der Waals surface area (Å²) in [4.78, 5) is 122. The molecular formula is C51H85N7O13. The number of ether oxygens (including phenoxy) is 2. The fourth-order valence-electron chi connectivity index (χ4n) is 7.26. The van der Waals surface area contributed by atoms with Crippen LogP contribution in [0.15, 0.2) is 24.3 Å². The van der Waals surface area contributed by atoms with E-state index < -0.39 is 119 Å². The molecule has 0 spiro atoms. The van der Waals surface area contributed by atoms with Crippen LogP contribution in [-0.4, -0.2) is 125 Å². The third-order valence-electron chi connectivity index (χ3n) is 12.1. The minimum atomic E-state index is -1.72. The zero-order chi connectivity index (χ0) is 54.3. The number of carboxylic acid groups (broad SMARTS) is 1. The summed E-state index contributed by atoms with van der Waals surface area (Å²) >= 11 is 0. The number of hydrogen-bond acceptors (Lipinski definition) is 13. The number of aliphatic carboxylic acids is 1. The number of esters is 1. The predicted octanol–water partition coefficient (Wildman–Crippen LogP) is 2.84. The molecule has 10 atom stereocenters. The number of amides is 6. The van der Waals surface area contributed by atoms with E-state index in [1.54, 1.807) is 72.7 Å². The van der Waals surface area contributed by atoms with Gasteiger partial charge in [-0.2, -0.15) is 0 Å². The van der Waals surface area contributed by atoms with Crippen molar-refractivity contribution in [3.8, 4) is 5.75 Å². The Hall–Kier alpha value is -5.63. The van der Waals surface area contributed by atoms with Gasteiger partial charge in [-0.05, 0) is 88.8 Å². The molecule has 1 aromatic carbocycles. The third kappa shape index (κ3) is 23.0. The molecule has 0 aliphatic carbocycles. The zero-order valence-corrected chi connectivity index (χ0v) is 44.3. The number of carbonyl (C=O) groups is 9. The van der Waals surface area contributed by atoms with Crippen LogP contribution >= 0.6 is 0 Å². The summed E-state index contributed by atoms with van der Waals surface area (Å²) in [6, 6.07) is -1.12. The van der Waals surface area contributed by atoms with Crippen molar-refractivity contribution in [3.63, 3.8) is 0 Å². The van der Waals surface area contributed by atoms with E-state index in [0.717, 1.165) is 0 Å². The summed E-state index contributed by atoms with van der Waals surface area (Å²) < 4.78 is 11.8. The number of aliphatic hydroxyl groups is 1. The molecule has 1 aromatic rings. The number of carboxylic acids is 1. The summed E-state index contributed by atoms with van der Waals surface area (Å²) in [5.41, 5.74) is 6.17. The minimum Gasteiger partial charge on any atom is -0.488 e. The number of nitrogens with two attached hydrogens (primary N) is 1. The average Bonchev–Trinajstić information content (AvgIpc) is 3.30. The van der Waals surface area contributed by atoms with Crippen molar-refractivity contribution in [3.05, 3.63) is 29.8 Å². The molecule has 0 aromatic heterocycles. The van der Waals surface area contributed by atoms with Crippen molar-refractivity contribution in [2.45, 2.75) is 189 Å². The molecule has 0 saturated heterocycles. The molecule has 0 saturated carbocycles. The maximum atomic E-state index is 14.6. The smallest absolute Gasteiger partial charge is 0.329 e.